The fourth-order valence-corrected chi connectivity index (χ4v) is 2.28. The third kappa shape index (κ3) is 5.81. The molecule has 0 aliphatic heterocycles. The SMILES string of the molecule is CCOC(=O)c1ccc(NC(=O)/C(C#N)=C/c2ccc(NC(C)=O)cc2)cc1. The minimum absolute atomic E-state index is 0.0817. The highest BCUT2D eigenvalue weighted by Gasteiger charge is 2.11. The molecule has 0 heterocycles. The topological polar surface area (TPSA) is 108 Å². The number of rotatable bonds is 6. The maximum atomic E-state index is 12.3. The Morgan fingerprint density at radius 2 is 1.57 bits per heavy atom. The van der Waals surface area contributed by atoms with E-state index in [4.69, 9.17) is 4.74 Å². The van der Waals surface area contributed by atoms with Crippen LogP contribution in [0.25, 0.3) is 6.08 Å². The summed E-state index contributed by atoms with van der Waals surface area (Å²) in [4.78, 5) is 35.0. The Labute approximate surface area is 162 Å². The van der Waals surface area contributed by atoms with E-state index in [9.17, 15) is 19.6 Å². The summed E-state index contributed by atoms with van der Waals surface area (Å²) in [6.07, 6.45) is 1.44. The number of benzene rings is 2. The second kappa shape index (κ2) is 9.69. The Morgan fingerprint density at radius 1 is 1.00 bits per heavy atom. The highest BCUT2D eigenvalue weighted by atomic mass is 16.5. The summed E-state index contributed by atoms with van der Waals surface area (Å²) >= 11 is 0. The summed E-state index contributed by atoms with van der Waals surface area (Å²) in [7, 11) is 0. The van der Waals surface area contributed by atoms with Crippen molar-refractivity contribution in [3.63, 3.8) is 0 Å². The Hall–Kier alpha value is -3.92. The first-order valence-electron chi connectivity index (χ1n) is 8.51. The maximum absolute atomic E-state index is 12.3. The van der Waals surface area contributed by atoms with Crippen molar-refractivity contribution in [2.24, 2.45) is 0 Å². The molecule has 7 heteroatoms. The first-order valence-corrected chi connectivity index (χ1v) is 8.51. The van der Waals surface area contributed by atoms with Crippen molar-refractivity contribution in [1.82, 2.24) is 0 Å². The molecule has 0 saturated carbocycles. The average Bonchev–Trinajstić information content (AvgIpc) is 2.67. The van der Waals surface area contributed by atoms with Gasteiger partial charge in [0.25, 0.3) is 5.91 Å². The van der Waals surface area contributed by atoms with Crippen molar-refractivity contribution >= 4 is 35.2 Å². The molecule has 0 aliphatic carbocycles. The first-order chi connectivity index (χ1) is 13.4. The van der Waals surface area contributed by atoms with Gasteiger partial charge in [0.2, 0.25) is 5.91 Å². The number of hydrogen-bond donors (Lipinski definition) is 2. The third-order valence-electron chi connectivity index (χ3n) is 3.56. The number of nitrogens with one attached hydrogen (secondary N) is 2. The number of ether oxygens (including phenoxy) is 1. The van der Waals surface area contributed by atoms with Gasteiger partial charge in [0, 0.05) is 18.3 Å². The Kier molecular flexibility index (Phi) is 7.06. The molecule has 0 spiro atoms. The second-order valence-electron chi connectivity index (χ2n) is 5.72. The fourth-order valence-electron chi connectivity index (χ4n) is 2.28. The highest BCUT2D eigenvalue weighted by Crippen LogP contribution is 2.15. The molecule has 142 valence electrons. The summed E-state index contributed by atoms with van der Waals surface area (Å²) in [5.41, 5.74) is 1.99. The van der Waals surface area contributed by atoms with Gasteiger partial charge in [-0.3, -0.25) is 9.59 Å². The van der Waals surface area contributed by atoms with Crippen LogP contribution in [0, 0.1) is 11.3 Å². The molecule has 2 rings (SSSR count). The molecule has 0 fully saturated rings. The molecule has 2 N–H and O–H groups in total. The van der Waals surface area contributed by atoms with Gasteiger partial charge in [-0.05, 0) is 55.0 Å². The first kappa shape index (κ1) is 20.4. The zero-order valence-electron chi connectivity index (χ0n) is 15.5. The minimum atomic E-state index is -0.572. The molecule has 0 aliphatic rings. The van der Waals surface area contributed by atoms with Gasteiger partial charge in [-0.15, -0.1) is 0 Å². The summed E-state index contributed by atoms with van der Waals surface area (Å²) in [5.74, 6) is -1.20. The molecule has 0 atom stereocenters. The van der Waals surface area contributed by atoms with Crippen molar-refractivity contribution < 1.29 is 19.1 Å². The fraction of sp³-hybridized carbons (Fsp3) is 0.143. The van der Waals surface area contributed by atoms with E-state index in [1.807, 2.05) is 6.07 Å². The minimum Gasteiger partial charge on any atom is -0.462 e. The number of esters is 1. The van der Waals surface area contributed by atoms with E-state index < -0.39 is 11.9 Å². The molecule has 0 bridgehead atoms. The van der Waals surface area contributed by atoms with Gasteiger partial charge in [-0.2, -0.15) is 5.26 Å². The number of anilines is 2. The normalized spacial score (nSPS) is 10.5. The van der Waals surface area contributed by atoms with Crippen LogP contribution in [0.4, 0.5) is 11.4 Å². The molecule has 7 nitrogen and oxygen atoms in total. The van der Waals surface area contributed by atoms with Crippen LogP contribution >= 0.6 is 0 Å². The molecule has 0 aromatic heterocycles. The zero-order valence-corrected chi connectivity index (χ0v) is 15.5. The average molecular weight is 377 g/mol. The van der Waals surface area contributed by atoms with Gasteiger partial charge in [-0.1, -0.05) is 12.1 Å². The number of carbonyl (C=O) groups excluding carboxylic acids is 3. The van der Waals surface area contributed by atoms with Gasteiger partial charge in [0.05, 0.1) is 12.2 Å². The van der Waals surface area contributed by atoms with Crippen molar-refractivity contribution in [2.75, 3.05) is 17.2 Å². The van der Waals surface area contributed by atoms with Crippen LogP contribution in [-0.4, -0.2) is 24.4 Å². The van der Waals surface area contributed by atoms with Crippen molar-refractivity contribution in [2.45, 2.75) is 13.8 Å². The standard InChI is InChI=1S/C21H19N3O4/c1-3-28-21(27)16-6-10-19(11-7-16)24-20(26)17(13-22)12-15-4-8-18(9-5-15)23-14(2)25/h4-12H,3H2,1-2H3,(H,23,25)(H,24,26)/b17-12+. The van der Waals surface area contributed by atoms with Gasteiger partial charge >= 0.3 is 5.97 Å². The lowest BCUT2D eigenvalue weighted by Crippen LogP contribution is -2.13. The van der Waals surface area contributed by atoms with Crippen LogP contribution < -0.4 is 10.6 Å². The molecule has 28 heavy (non-hydrogen) atoms. The molecule has 0 saturated heterocycles. The molecule has 0 unspecified atom stereocenters. The summed E-state index contributed by atoms with van der Waals surface area (Å²) in [6, 6.07) is 14.8. The monoisotopic (exact) mass is 377 g/mol. The van der Waals surface area contributed by atoms with E-state index in [1.165, 1.54) is 25.1 Å². The quantitative estimate of drug-likeness (QED) is 0.456. The maximum Gasteiger partial charge on any atom is 0.338 e. The van der Waals surface area contributed by atoms with Gasteiger partial charge < -0.3 is 15.4 Å². The largest absolute Gasteiger partial charge is 0.462 e. The third-order valence-corrected chi connectivity index (χ3v) is 3.56. The summed E-state index contributed by atoms with van der Waals surface area (Å²) in [6.45, 7) is 3.40. The number of nitrogens with zero attached hydrogens (tertiary/aromatic N) is 1. The molecular weight excluding hydrogens is 358 g/mol. The van der Waals surface area contributed by atoms with Crippen LogP contribution in [0.3, 0.4) is 0 Å². The van der Waals surface area contributed by atoms with Crippen molar-refractivity contribution in [3.05, 3.63) is 65.2 Å². The Morgan fingerprint density at radius 3 is 2.11 bits per heavy atom. The lowest BCUT2D eigenvalue weighted by Gasteiger charge is -2.06. The second-order valence-corrected chi connectivity index (χ2v) is 5.72. The molecule has 0 radical (unpaired) electrons. The lowest BCUT2D eigenvalue weighted by atomic mass is 10.1. The van der Waals surface area contributed by atoms with Crippen molar-refractivity contribution in [1.29, 1.82) is 5.26 Å². The van der Waals surface area contributed by atoms with E-state index in [1.54, 1.807) is 43.3 Å². The van der Waals surface area contributed by atoms with E-state index in [2.05, 4.69) is 10.6 Å². The molecule has 2 amide bonds. The number of hydrogen-bond acceptors (Lipinski definition) is 5. The molecule has 2 aromatic carbocycles. The summed E-state index contributed by atoms with van der Waals surface area (Å²) < 4.78 is 4.90. The van der Waals surface area contributed by atoms with Crippen LogP contribution in [-0.2, 0) is 14.3 Å². The smallest absolute Gasteiger partial charge is 0.338 e. The Bertz CT molecular complexity index is 939. The van der Waals surface area contributed by atoms with Gasteiger partial charge in [0.1, 0.15) is 11.6 Å². The lowest BCUT2D eigenvalue weighted by molar-refractivity contribution is -0.114. The van der Waals surface area contributed by atoms with Gasteiger partial charge in [-0.25, -0.2) is 4.79 Å². The number of amides is 2. The predicted molar refractivity (Wildman–Crippen MR) is 105 cm³/mol. The van der Waals surface area contributed by atoms with Crippen LogP contribution in [0.15, 0.2) is 54.1 Å². The summed E-state index contributed by atoms with van der Waals surface area (Å²) in [5, 5.41) is 14.5. The van der Waals surface area contributed by atoms with E-state index in [0.717, 1.165) is 0 Å². The number of nitriles is 1. The van der Waals surface area contributed by atoms with Gasteiger partial charge in [0.15, 0.2) is 0 Å². The Balaban J connectivity index is 2.08. The van der Waals surface area contributed by atoms with E-state index in [-0.39, 0.29) is 18.1 Å². The molecule has 2 aromatic rings. The van der Waals surface area contributed by atoms with Crippen LogP contribution in [0.5, 0.6) is 0 Å². The zero-order chi connectivity index (χ0) is 20.5. The van der Waals surface area contributed by atoms with E-state index >= 15 is 0 Å². The van der Waals surface area contributed by atoms with Crippen LogP contribution in [0.2, 0.25) is 0 Å². The highest BCUT2D eigenvalue weighted by molar-refractivity contribution is 6.09. The number of carbonyl (C=O) groups is 3. The molecular formula is C21H19N3O4. The van der Waals surface area contributed by atoms with Crippen molar-refractivity contribution in [3.8, 4) is 6.07 Å². The predicted octanol–water partition coefficient (Wildman–Crippen LogP) is 3.37. The van der Waals surface area contributed by atoms with E-state index in [0.29, 0.717) is 22.5 Å². The van der Waals surface area contributed by atoms with Crippen LogP contribution in [0.1, 0.15) is 29.8 Å².